The molecule has 0 atom stereocenters. The number of aliphatic imine (C=N–C) groups is 1. The summed E-state index contributed by atoms with van der Waals surface area (Å²) in [7, 11) is 1.65. The highest BCUT2D eigenvalue weighted by Crippen LogP contribution is 2.08. The van der Waals surface area contributed by atoms with Gasteiger partial charge in [-0.2, -0.15) is 0 Å². The van der Waals surface area contributed by atoms with E-state index in [1.807, 2.05) is 18.2 Å². The molecule has 26 heavy (non-hydrogen) atoms. The van der Waals surface area contributed by atoms with Crippen LogP contribution in [-0.2, 0) is 11.2 Å². The van der Waals surface area contributed by atoms with E-state index >= 15 is 0 Å². The topological polar surface area (TPSA) is 65.5 Å². The second-order valence-corrected chi connectivity index (χ2v) is 5.50. The Bertz CT molecular complexity index is 710. The number of halogens is 2. The summed E-state index contributed by atoms with van der Waals surface area (Å²) in [5.74, 6) is -0.0954. The van der Waals surface area contributed by atoms with E-state index in [0.29, 0.717) is 11.6 Å². The van der Waals surface area contributed by atoms with E-state index in [9.17, 15) is 9.18 Å². The summed E-state index contributed by atoms with van der Waals surface area (Å²) in [6.07, 6.45) is 1.94. The second kappa shape index (κ2) is 12.2. The number of carbonyl (C=O) groups excluding carboxylic acids is 1. The average molecular weight is 470 g/mol. The smallest absolute Gasteiger partial charge is 0.243 e. The minimum absolute atomic E-state index is 0. The number of nitrogens with one attached hydrogen (secondary N) is 3. The number of carbonyl (C=O) groups is 1. The van der Waals surface area contributed by atoms with Gasteiger partial charge >= 0.3 is 0 Å². The number of hydrogen-bond donors (Lipinski definition) is 3. The Morgan fingerprint density at radius 2 is 1.85 bits per heavy atom. The third kappa shape index (κ3) is 8.28. The van der Waals surface area contributed by atoms with Gasteiger partial charge in [-0.05, 0) is 36.6 Å². The lowest BCUT2D eigenvalue weighted by Crippen LogP contribution is -2.41. The highest BCUT2D eigenvalue weighted by Gasteiger charge is 2.05. The molecule has 140 valence electrons. The first kappa shape index (κ1) is 21.9. The van der Waals surface area contributed by atoms with Crippen molar-refractivity contribution >= 4 is 41.5 Å². The van der Waals surface area contributed by atoms with Gasteiger partial charge in [-0.1, -0.05) is 36.4 Å². The Hall–Kier alpha value is -2.16. The molecule has 2 aromatic rings. The molecule has 2 aromatic carbocycles. The lowest BCUT2D eigenvalue weighted by Gasteiger charge is -2.12. The van der Waals surface area contributed by atoms with E-state index in [0.717, 1.165) is 19.4 Å². The molecule has 0 fully saturated rings. The van der Waals surface area contributed by atoms with Crippen LogP contribution < -0.4 is 16.0 Å². The van der Waals surface area contributed by atoms with Crippen molar-refractivity contribution < 1.29 is 9.18 Å². The van der Waals surface area contributed by atoms with Crippen LogP contribution in [0.1, 0.15) is 12.0 Å². The Morgan fingerprint density at radius 1 is 1.08 bits per heavy atom. The first-order valence-corrected chi connectivity index (χ1v) is 8.21. The first-order chi connectivity index (χ1) is 12.2. The molecule has 0 saturated heterocycles. The predicted octanol–water partition coefficient (Wildman–Crippen LogP) is 3.18. The Morgan fingerprint density at radius 3 is 2.54 bits per heavy atom. The molecule has 2 rings (SSSR count). The van der Waals surface area contributed by atoms with E-state index in [-0.39, 0.29) is 42.2 Å². The third-order valence-corrected chi connectivity index (χ3v) is 3.53. The Balaban J connectivity index is 0.00000338. The molecular weight excluding hydrogens is 446 g/mol. The number of nitrogens with zero attached hydrogens (tertiary/aromatic N) is 1. The summed E-state index contributed by atoms with van der Waals surface area (Å²) in [6, 6.07) is 16.0. The summed E-state index contributed by atoms with van der Waals surface area (Å²) in [5, 5.41) is 8.73. The van der Waals surface area contributed by atoms with Gasteiger partial charge in [-0.15, -0.1) is 24.0 Å². The third-order valence-electron chi connectivity index (χ3n) is 3.53. The van der Waals surface area contributed by atoms with Crippen LogP contribution in [0.2, 0.25) is 0 Å². The molecule has 0 radical (unpaired) electrons. The standard InChI is InChI=1S/C19H23FN4O.HI/c1-21-19(22-12-6-9-15-7-3-2-4-8-15)23-14-18(25)24-17-11-5-10-16(20)13-17;/h2-5,7-8,10-11,13H,6,9,12,14H2,1H3,(H,24,25)(H2,21,22,23);1H. The van der Waals surface area contributed by atoms with Crippen molar-refractivity contribution in [2.24, 2.45) is 4.99 Å². The number of aryl methyl sites for hydroxylation is 1. The fraction of sp³-hybridized carbons (Fsp3) is 0.263. The molecule has 0 aliphatic heterocycles. The minimum Gasteiger partial charge on any atom is -0.356 e. The first-order valence-electron chi connectivity index (χ1n) is 8.21. The molecule has 0 bridgehead atoms. The summed E-state index contributed by atoms with van der Waals surface area (Å²) < 4.78 is 13.1. The fourth-order valence-electron chi connectivity index (χ4n) is 2.30. The van der Waals surface area contributed by atoms with E-state index in [1.54, 1.807) is 19.2 Å². The normalized spacial score (nSPS) is 10.6. The maximum atomic E-state index is 13.1. The summed E-state index contributed by atoms with van der Waals surface area (Å²) >= 11 is 0. The summed E-state index contributed by atoms with van der Waals surface area (Å²) in [5.41, 5.74) is 1.72. The van der Waals surface area contributed by atoms with Gasteiger partial charge in [0.15, 0.2) is 5.96 Å². The van der Waals surface area contributed by atoms with Crippen LogP contribution in [-0.4, -0.2) is 32.0 Å². The van der Waals surface area contributed by atoms with E-state index in [4.69, 9.17) is 0 Å². The van der Waals surface area contributed by atoms with Gasteiger partial charge in [-0.3, -0.25) is 9.79 Å². The number of amides is 1. The highest BCUT2D eigenvalue weighted by molar-refractivity contribution is 14.0. The molecule has 0 spiro atoms. The Labute approximate surface area is 170 Å². The number of rotatable bonds is 7. The summed E-state index contributed by atoms with van der Waals surface area (Å²) in [6.45, 7) is 0.801. The van der Waals surface area contributed by atoms with Crippen molar-refractivity contribution in [2.45, 2.75) is 12.8 Å². The Kier molecular flexibility index (Phi) is 10.3. The van der Waals surface area contributed by atoms with Gasteiger partial charge in [0.2, 0.25) is 5.91 Å². The van der Waals surface area contributed by atoms with Crippen LogP contribution >= 0.6 is 24.0 Å². The number of hydrogen-bond acceptors (Lipinski definition) is 2. The van der Waals surface area contributed by atoms with Gasteiger partial charge < -0.3 is 16.0 Å². The fourth-order valence-corrected chi connectivity index (χ4v) is 2.30. The SMILES string of the molecule is CN=C(NCCCc1ccccc1)NCC(=O)Nc1cccc(F)c1.I. The van der Waals surface area contributed by atoms with E-state index < -0.39 is 0 Å². The maximum Gasteiger partial charge on any atom is 0.243 e. The van der Waals surface area contributed by atoms with Crippen molar-refractivity contribution in [3.63, 3.8) is 0 Å². The van der Waals surface area contributed by atoms with Gasteiger partial charge in [0.05, 0.1) is 6.54 Å². The van der Waals surface area contributed by atoms with Crippen LogP contribution in [0.5, 0.6) is 0 Å². The van der Waals surface area contributed by atoms with Crippen LogP contribution in [0.4, 0.5) is 10.1 Å². The molecule has 0 heterocycles. The molecule has 0 saturated carbocycles. The molecule has 3 N–H and O–H groups in total. The quantitative estimate of drug-likeness (QED) is 0.252. The number of anilines is 1. The van der Waals surface area contributed by atoms with Crippen molar-refractivity contribution in [1.29, 1.82) is 0 Å². The molecule has 0 aliphatic carbocycles. The van der Waals surface area contributed by atoms with E-state index in [2.05, 4.69) is 33.1 Å². The molecule has 7 heteroatoms. The van der Waals surface area contributed by atoms with Gasteiger partial charge in [0.1, 0.15) is 5.82 Å². The van der Waals surface area contributed by atoms with Gasteiger partial charge in [0.25, 0.3) is 0 Å². The minimum atomic E-state index is -0.387. The van der Waals surface area contributed by atoms with Crippen LogP contribution in [0.3, 0.4) is 0 Å². The molecule has 0 aliphatic rings. The van der Waals surface area contributed by atoms with E-state index in [1.165, 1.54) is 17.7 Å². The molecule has 5 nitrogen and oxygen atoms in total. The zero-order valence-electron chi connectivity index (χ0n) is 14.7. The maximum absolute atomic E-state index is 13.1. The molecule has 0 aromatic heterocycles. The van der Waals surface area contributed by atoms with Crippen molar-refractivity contribution in [3.8, 4) is 0 Å². The monoisotopic (exact) mass is 470 g/mol. The van der Waals surface area contributed by atoms with Crippen LogP contribution in [0.25, 0.3) is 0 Å². The van der Waals surface area contributed by atoms with Crippen LogP contribution in [0.15, 0.2) is 59.6 Å². The molecular formula is C19H24FIN4O. The van der Waals surface area contributed by atoms with Crippen LogP contribution in [0, 0.1) is 5.82 Å². The van der Waals surface area contributed by atoms with Gasteiger partial charge in [0, 0.05) is 19.3 Å². The van der Waals surface area contributed by atoms with Gasteiger partial charge in [-0.25, -0.2) is 4.39 Å². The van der Waals surface area contributed by atoms with Crippen molar-refractivity contribution in [1.82, 2.24) is 10.6 Å². The zero-order chi connectivity index (χ0) is 17.9. The highest BCUT2D eigenvalue weighted by atomic mass is 127. The largest absolute Gasteiger partial charge is 0.356 e. The predicted molar refractivity (Wildman–Crippen MR) is 115 cm³/mol. The average Bonchev–Trinajstić information content (AvgIpc) is 2.62. The summed E-state index contributed by atoms with van der Waals surface area (Å²) in [4.78, 5) is 16.0. The van der Waals surface area contributed by atoms with Crippen molar-refractivity contribution in [2.75, 3.05) is 25.5 Å². The second-order valence-electron chi connectivity index (χ2n) is 5.50. The number of guanidine groups is 1. The lowest BCUT2D eigenvalue weighted by atomic mass is 10.1. The zero-order valence-corrected chi connectivity index (χ0v) is 17.0. The number of benzene rings is 2. The lowest BCUT2D eigenvalue weighted by molar-refractivity contribution is -0.115. The van der Waals surface area contributed by atoms with Crippen molar-refractivity contribution in [3.05, 3.63) is 66.0 Å². The molecule has 0 unspecified atom stereocenters. The molecule has 1 amide bonds.